The molecule has 1 fully saturated rings. The van der Waals surface area contributed by atoms with Gasteiger partial charge in [-0.25, -0.2) is 0 Å². The van der Waals surface area contributed by atoms with Crippen molar-refractivity contribution in [3.8, 4) is 0 Å². The van der Waals surface area contributed by atoms with Crippen LogP contribution in [-0.2, 0) is 11.2 Å². The number of carbonyl (C=O) groups is 1. The van der Waals surface area contributed by atoms with E-state index in [4.69, 9.17) is 12.2 Å². The van der Waals surface area contributed by atoms with Crippen LogP contribution in [0, 0.1) is 5.92 Å². The van der Waals surface area contributed by atoms with Crippen LogP contribution in [-0.4, -0.2) is 33.2 Å². The second-order valence-electron chi connectivity index (χ2n) is 5.27. The van der Waals surface area contributed by atoms with E-state index in [0.717, 1.165) is 17.3 Å². The van der Waals surface area contributed by atoms with Crippen LogP contribution in [0.4, 0.5) is 0 Å². The maximum absolute atomic E-state index is 12.4. The molecular weight excluding hydrogens is 306 g/mol. The van der Waals surface area contributed by atoms with E-state index in [0.29, 0.717) is 5.92 Å². The molecule has 0 N–H and O–H groups in total. The maximum atomic E-state index is 12.4. The van der Waals surface area contributed by atoms with E-state index >= 15 is 0 Å². The van der Waals surface area contributed by atoms with Crippen molar-refractivity contribution in [2.75, 3.05) is 12.8 Å². The van der Waals surface area contributed by atoms with E-state index in [-0.39, 0.29) is 11.2 Å². The molecule has 1 aliphatic heterocycles. The van der Waals surface area contributed by atoms with Crippen molar-refractivity contribution in [3.63, 3.8) is 0 Å². The molecule has 1 heterocycles. The van der Waals surface area contributed by atoms with Crippen molar-refractivity contribution in [2.24, 2.45) is 5.92 Å². The van der Waals surface area contributed by atoms with Gasteiger partial charge < -0.3 is 0 Å². The summed E-state index contributed by atoms with van der Waals surface area (Å²) in [5.74, 6) is 0.611. The second kappa shape index (κ2) is 6.96. The number of carbonyl (C=O) groups excluding carboxylic acids is 1. The molecule has 0 aliphatic carbocycles. The van der Waals surface area contributed by atoms with E-state index in [1.54, 1.807) is 16.7 Å². The van der Waals surface area contributed by atoms with Crippen molar-refractivity contribution in [2.45, 2.75) is 30.4 Å². The topological polar surface area (TPSA) is 20.3 Å². The van der Waals surface area contributed by atoms with Gasteiger partial charge in [0.1, 0.15) is 4.32 Å². The number of thiocarbonyl (C=S) groups is 1. The molecule has 1 aromatic carbocycles. The number of hydrogen-bond acceptors (Lipinski definition) is 4. The van der Waals surface area contributed by atoms with Crippen molar-refractivity contribution in [1.29, 1.82) is 0 Å². The highest BCUT2D eigenvalue weighted by atomic mass is 32.2. The lowest BCUT2D eigenvalue weighted by Gasteiger charge is -2.17. The molecule has 1 atom stereocenters. The first-order valence-electron chi connectivity index (χ1n) is 6.66. The van der Waals surface area contributed by atoms with Gasteiger partial charge in [0.05, 0.1) is 5.25 Å². The third kappa shape index (κ3) is 3.77. The molecule has 2 rings (SSSR count). The fourth-order valence-electron chi connectivity index (χ4n) is 2.13. The molecule has 20 heavy (non-hydrogen) atoms. The third-order valence-corrected chi connectivity index (χ3v) is 5.46. The minimum Gasteiger partial charge on any atom is -0.296 e. The lowest BCUT2D eigenvalue weighted by atomic mass is 10.1. The summed E-state index contributed by atoms with van der Waals surface area (Å²) in [5, 5.41) is -0.0543. The number of nitrogens with zero attached hydrogens (tertiary/aromatic N) is 1. The zero-order valence-corrected chi connectivity index (χ0v) is 14.4. The highest BCUT2D eigenvalue weighted by Crippen LogP contribution is 2.30. The van der Waals surface area contributed by atoms with Crippen LogP contribution in [0.3, 0.4) is 0 Å². The molecule has 0 unspecified atom stereocenters. The second-order valence-corrected chi connectivity index (χ2v) is 7.98. The van der Waals surface area contributed by atoms with Gasteiger partial charge in [-0.3, -0.25) is 9.69 Å². The summed E-state index contributed by atoms with van der Waals surface area (Å²) in [7, 11) is 0. The Bertz CT molecular complexity index is 498. The Morgan fingerprint density at radius 2 is 2.00 bits per heavy atom. The Morgan fingerprint density at radius 1 is 1.35 bits per heavy atom. The number of rotatable bonds is 5. The molecule has 0 saturated carbocycles. The minimum atomic E-state index is -0.0543. The van der Waals surface area contributed by atoms with E-state index in [9.17, 15) is 4.79 Å². The first-order valence-corrected chi connectivity index (χ1v) is 9.17. The Morgan fingerprint density at radius 3 is 2.55 bits per heavy atom. The largest absolute Gasteiger partial charge is 0.296 e. The van der Waals surface area contributed by atoms with Crippen molar-refractivity contribution in [1.82, 2.24) is 4.90 Å². The molecule has 1 aromatic rings. The molecule has 0 bridgehead atoms. The maximum Gasteiger partial charge on any atom is 0.241 e. The van der Waals surface area contributed by atoms with Crippen molar-refractivity contribution in [3.05, 3.63) is 29.8 Å². The van der Waals surface area contributed by atoms with Gasteiger partial charge in [-0.1, -0.05) is 50.0 Å². The van der Waals surface area contributed by atoms with Crippen LogP contribution in [0.2, 0.25) is 0 Å². The summed E-state index contributed by atoms with van der Waals surface area (Å²) in [6, 6.07) is 8.42. The van der Waals surface area contributed by atoms with Crippen LogP contribution in [0.5, 0.6) is 0 Å². The van der Waals surface area contributed by atoms with Crippen molar-refractivity contribution >= 4 is 46.0 Å². The summed E-state index contributed by atoms with van der Waals surface area (Å²) in [4.78, 5) is 15.4. The van der Waals surface area contributed by atoms with Gasteiger partial charge in [0, 0.05) is 11.4 Å². The van der Waals surface area contributed by atoms with E-state index in [2.05, 4.69) is 44.4 Å². The highest BCUT2D eigenvalue weighted by Gasteiger charge is 2.36. The first-order chi connectivity index (χ1) is 9.51. The van der Waals surface area contributed by atoms with Gasteiger partial charge in [-0.05, 0) is 36.3 Å². The molecule has 0 aromatic heterocycles. The van der Waals surface area contributed by atoms with E-state index in [1.165, 1.54) is 22.2 Å². The zero-order chi connectivity index (χ0) is 14.7. The standard InChI is InChI=1S/C15H19NOS3/c1-10(2)9-16-14(17)13(20-15(16)18)8-11-4-6-12(19-3)7-5-11/h4-7,10,13H,8-9H2,1-3H3/t13-/m1/s1. The molecule has 1 saturated heterocycles. The average Bonchev–Trinajstić information content (AvgIpc) is 2.67. The Hall–Kier alpha value is -0.520. The fraction of sp³-hybridized carbons (Fsp3) is 0.467. The monoisotopic (exact) mass is 325 g/mol. The van der Waals surface area contributed by atoms with Gasteiger partial charge in [0.15, 0.2) is 0 Å². The molecule has 2 nitrogen and oxygen atoms in total. The van der Waals surface area contributed by atoms with Gasteiger partial charge in [-0.15, -0.1) is 11.8 Å². The number of hydrogen-bond donors (Lipinski definition) is 0. The average molecular weight is 326 g/mol. The normalized spacial score (nSPS) is 19.2. The third-order valence-electron chi connectivity index (χ3n) is 3.13. The fourth-order valence-corrected chi connectivity index (χ4v) is 4.09. The van der Waals surface area contributed by atoms with Crippen LogP contribution in [0.25, 0.3) is 0 Å². The Labute approximate surface area is 134 Å². The summed E-state index contributed by atoms with van der Waals surface area (Å²) in [6.45, 7) is 4.94. The molecule has 5 heteroatoms. The van der Waals surface area contributed by atoms with Gasteiger partial charge in [0.25, 0.3) is 0 Å². The lowest BCUT2D eigenvalue weighted by molar-refractivity contribution is -0.126. The summed E-state index contributed by atoms with van der Waals surface area (Å²) in [6.07, 6.45) is 2.82. The number of benzene rings is 1. The predicted octanol–water partition coefficient (Wildman–Crippen LogP) is 3.84. The predicted molar refractivity (Wildman–Crippen MR) is 92.5 cm³/mol. The SMILES string of the molecule is CSc1ccc(C[C@H]2SC(=S)N(CC(C)C)C2=O)cc1. The van der Waals surface area contributed by atoms with Crippen molar-refractivity contribution < 1.29 is 4.79 Å². The van der Waals surface area contributed by atoms with E-state index in [1.807, 2.05) is 0 Å². The van der Waals surface area contributed by atoms with Crippen LogP contribution in [0.15, 0.2) is 29.2 Å². The lowest BCUT2D eigenvalue weighted by Crippen LogP contribution is -2.34. The van der Waals surface area contributed by atoms with Crippen LogP contribution >= 0.6 is 35.7 Å². The zero-order valence-electron chi connectivity index (χ0n) is 12.0. The Kier molecular flexibility index (Phi) is 5.52. The minimum absolute atomic E-state index is 0.0543. The summed E-state index contributed by atoms with van der Waals surface area (Å²) < 4.78 is 0.731. The number of thioether (sulfide) groups is 2. The smallest absolute Gasteiger partial charge is 0.241 e. The highest BCUT2D eigenvalue weighted by molar-refractivity contribution is 8.24. The molecule has 108 valence electrons. The van der Waals surface area contributed by atoms with Crippen LogP contribution in [0.1, 0.15) is 19.4 Å². The first kappa shape index (κ1) is 15.9. The number of amides is 1. The van der Waals surface area contributed by atoms with Crippen LogP contribution < -0.4 is 0 Å². The Balaban J connectivity index is 2.03. The van der Waals surface area contributed by atoms with Gasteiger partial charge in [-0.2, -0.15) is 0 Å². The van der Waals surface area contributed by atoms with E-state index < -0.39 is 0 Å². The molecule has 0 radical (unpaired) electrons. The molecule has 1 amide bonds. The summed E-state index contributed by atoms with van der Waals surface area (Å²) in [5.41, 5.74) is 1.20. The molecule has 0 spiro atoms. The molecule has 1 aliphatic rings. The molecular formula is C15H19NOS3. The van der Waals surface area contributed by atoms with Gasteiger partial charge in [0.2, 0.25) is 5.91 Å². The quantitative estimate of drug-likeness (QED) is 0.605. The van der Waals surface area contributed by atoms with Gasteiger partial charge >= 0.3 is 0 Å². The summed E-state index contributed by atoms with van der Waals surface area (Å²) >= 11 is 8.59.